The Morgan fingerprint density at radius 3 is 3.00 bits per heavy atom. The minimum atomic E-state index is 0.346. The first-order valence-corrected chi connectivity index (χ1v) is 8.21. The van der Waals surface area contributed by atoms with E-state index in [1.807, 2.05) is 17.6 Å². The molecule has 0 radical (unpaired) electrons. The van der Waals surface area contributed by atoms with Gasteiger partial charge in [0.15, 0.2) is 0 Å². The van der Waals surface area contributed by atoms with Crippen LogP contribution < -0.4 is 4.90 Å². The Morgan fingerprint density at radius 1 is 1.29 bits per heavy atom. The SMILES string of the molecule is Cc1cc(N2Cc3ccnn3[C@@H](CCN(C)C)C2)n2ncnc2n1. The van der Waals surface area contributed by atoms with Crippen LogP contribution in [0.3, 0.4) is 0 Å². The van der Waals surface area contributed by atoms with Crippen LogP contribution in [-0.2, 0) is 6.54 Å². The normalized spacial score (nSPS) is 17.7. The van der Waals surface area contributed by atoms with E-state index in [9.17, 15) is 0 Å². The molecule has 1 aliphatic rings. The number of aromatic nitrogens is 6. The van der Waals surface area contributed by atoms with Crippen LogP contribution in [0.25, 0.3) is 5.78 Å². The standard InChI is InChI=1S/C16H22N8/c1-12-8-15(24-16(20-12)17-11-19-24)22-9-13-4-6-18-23(13)14(10-22)5-7-21(2)3/h4,6,8,11,14H,5,7,9-10H2,1-3H3/t14-/m0/s1. The summed E-state index contributed by atoms with van der Waals surface area (Å²) in [5.74, 6) is 1.69. The highest BCUT2D eigenvalue weighted by molar-refractivity contribution is 5.48. The maximum atomic E-state index is 4.54. The van der Waals surface area contributed by atoms with Crippen LogP contribution in [0.2, 0.25) is 0 Å². The van der Waals surface area contributed by atoms with Crippen LogP contribution in [0.15, 0.2) is 24.7 Å². The minimum absolute atomic E-state index is 0.346. The molecular formula is C16H22N8. The lowest BCUT2D eigenvalue weighted by Gasteiger charge is -2.35. The fourth-order valence-corrected chi connectivity index (χ4v) is 3.32. The molecular weight excluding hydrogens is 304 g/mol. The molecule has 8 heteroatoms. The topological polar surface area (TPSA) is 67.4 Å². The fraction of sp³-hybridized carbons (Fsp3) is 0.500. The van der Waals surface area contributed by atoms with Gasteiger partial charge in [0.1, 0.15) is 12.1 Å². The van der Waals surface area contributed by atoms with E-state index < -0.39 is 0 Å². The highest BCUT2D eigenvalue weighted by Gasteiger charge is 2.27. The van der Waals surface area contributed by atoms with Gasteiger partial charge < -0.3 is 9.80 Å². The van der Waals surface area contributed by atoms with Gasteiger partial charge in [0, 0.05) is 24.5 Å². The summed E-state index contributed by atoms with van der Waals surface area (Å²) in [4.78, 5) is 13.3. The molecule has 0 bridgehead atoms. The van der Waals surface area contributed by atoms with E-state index in [2.05, 4.69) is 60.9 Å². The Morgan fingerprint density at radius 2 is 2.17 bits per heavy atom. The third kappa shape index (κ3) is 2.62. The number of hydrogen-bond donors (Lipinski definition) is 0. The molecule has 24 heavy (non-hydrogen) atoms. The summed E-state index contributed by atoms with van der Waals surface area (Å²) in [5.41, 5.74) is 2.18. The second-order valence-electron chi connectivity index (χ2n) is 6.62. The van der Waals surface area contributed by atoms with Gasteiger partial charge >= 0.3 is 0 Å². The summed E-state index contributed by atoms with van der Waals surface area (Å²) >= 11 is 0. The molecule has 0 saturated heterocycles. The first-order chi connectivity index (χ1) is 11.6. The van der Waals surface area contributed by atoms with Crippen LogP contribution in [0, 0.1) is 6.92 Å². The quantitative estimate of drug-likeness (QED) is 0.716. The molecule has 0 spiro atoms. The Bertz CT molecular complexity index is 849. The molecule has 4 rings (SSSR count). The lowest BCUT2D eigenvalue weighted by molar-refractivity contribution is 0.314. The molecule has 0 aromatic carbocycles. The maximum absolute atomic E-state index is 4.54. The largest absolute Gasteiger partial charge is 0.348 e. The van der Waals surface area contributed by atoms with Crippen molar-refractivity contribution in [2.75, 3.05) is 32.1 Å². The monoisotopic (exact) mass is 326 g/mol. The molecule has 3 aromatic heterocycles. The van der Waals surface area contributed by atoms with Gasteiger partial charge in [-0.2, -0.15) is 19.7 Å². The molecule has 0 aliphatic carbocycles. The van der Waals surface area contributed by atoms with Gasteiger partial charge in [0.2, 0.25) is 0 Å². The highest BCUT2D eigenvalue weighted by atomic mass is 15.4. The summed E-state index contributed by atoms with van der Waals surface area (Å²) in [5, 5.41) is 8.89. The molecule has 0 amide bonds. The van der Waals surface area contributed by atoms with Crippen molar-refractivity contribution in [1.82, 2.24) is 34.3 Å². The van der Waals surface area contributed by atoms with Crippen molar-refractivity contribution in [1.29, 1.82) is 0 Å². The van der Waals surface area contributed by atoms with Gasteiger partial charge in [-0.15, -0.1) is 0 Å². The molecule has 126 valence electrons. The van der Waals surface area contributed by atoms with Crippen LogP contribution in [0.4, 0.5) is 5.82 Å². The number of nitrogens with zero attached hydrogens (tertiary/aromatic N) is 8. The lowest BCUT2D eigenvalue weighted by Crippen LogP contribution is -2.39. The van der Waals surface area contributed by atoms with E-state index in [-0.39, 0.29) is 0 Å². The smallest absolute Gasteiger partial charge is 0.254 e. The third-order valence-corrected chi connectivity index (χ3v) is 4.48. The van der Waals surface area contributed by atoms with Crippen molar-refractivity contribution in [3.05, 3.63) is 36.0 Å². The summed E-state index contributed by atoms with van der Waals surface area (Å²) < 4.78 is 3.99. The van der Waals surface area contributed by atoms with Crippen molar-refractivity contribution in [2.45, 2.75) is 25.9 Å². The van der Waals surface area contributed by atoms with Gasteiger partial charge in [-0.1, -0.05) is 0 Å². The molecule has 8 nitrogen and oxygen atoms in total. The average molecular weight is 326 g/mol. The van der Waals surface area contributed by atoms with E-state index in [0.29, 0.717) is 11.8 Å². The van der Waals surface area contributed by atoms with Gasteiger partial charge in [0.25, 0.3) is 5.78 Å². The molecule has 4 heterocycles. The predicted molar refractivity (Wildman–Crippen MR) is 91.0 cm³/mol. The summed E-state index contributed by atoms with van der Waals surface area (Å²) in [6.45, 7) is 4.75. The highest BCUT2D eigenvalue weighted by Crippen LogP contribution is 2.27. The van der Waals surface area contributed by atoms with Crippen molar-refractivity contribution >= 4 is 11.6 Å². The first-order valence-electron chi connectivity index (χ1n) is 8.21. The molecule has 0 N–H and O–H groups in total. The van der Waals surface area contributed by atoms with E-state index in [1.54, 1.807) is 6.33 Å². The number of aryl methyl sites for hydroxylation is 1. The second-order valence-corrected chi connectivity index (χ2v) is 6.62. The van der Waals surface area contributed by atoms with Gasteiger partial charge in [-0.3, -0.25) is 4.68 Å². The predicted octanol–water partition coefficient (Wildman–Crippen LogP) is 1.14. The molecule has 1 aliphatic heterocycles. The summed E-state index contributed by atoms with van der Waals surface area (Å²) in [7, 11) is 4.21. The Balaban J connectivity index is 1.70. The van der Waals surface area contributed by atoms with E-state index in [4.69, 9.17) is 0 Å². The zero-order chi connectivity index (χ0) is 16.7. The number of fused-ring (bicyclic) bond motifs is 2. The van der Waals surface area contributed by atoms with Crippen molar-refractivity contribution in [2.24, 2.45) is 0 Å². The van der Waals surface area contributed by atoms with Crippen LogP contribution in [-0.4, -0.2) is 61.4 Å². The number of rotatable bonds is 4. The molecule has 0 unspecified atom stereocenters. The minimum Gasteiger partial charge on any atom is -0.348 e. The maximum Gasteiger partial charge on any atom is 0.254 e. The molecule has 3 aromatic rings. The average Bonchev–Trinajstić information content (AvgIpc) is 3.19. The Kier molecular flexibility index (Phi) is 3.68. The van der Waals surface area contributed by atoms with Gasteiger partial charge in [0.05, 0.1) is 18.3 Å². The second kappa shape index (κ2) is 5.86. The molecule has 0 saturated carbocycles. The van der Waals surface area contributed by atoms with Gasteiger partial charge in [-0.05, 0) is 40.1 Å². The van der Waals surface area contributed by atoms with Crippen LogP contribution in [0.5, 0.6) is 0 Å². The van der Waals surface area contributed by atoms with E-state index in [1.165, 1.54) is 5.69 Å². The van der Waals surface area contributed by atoms with E-state index >= 15 is 0 Å². The van der Waals surface area contributed by atoms with E-state index in [0.717, 1.165) is 37.6 Å². The van der Waals surface area contributed by atoms with Crippen molar-refractivity contribution in [3.63, 3.8) is 0 Å². The first kappa shape index (κ1) is 15.1. The molecule has 1 atom stereocenters. The number of anilines is 1. The Hall–Kier alpha value is -2.48. The fourth-order valence-electron chi connectivity index (χ4n) is 3.32. The molecule has 0 fully saturated rings. The zero-order valence-corrected chi connectivity index (χ0v) is 14.3. The summed E-state index contributed by atoms with van der Waals surface area (Å²) in [6.07, 6.45) is 4.51. The third-order valence-electron chi connectivity index (χ3n) is 4.48. The lowest BCUT2D eigenvalue weighted by atomic mass is 10.1. The van der Waals surface area contributed by atoms with Gasteiger partial charge in [-0.25, -0.2) is 4.98 Å². The van der Waals surface area contributed by atoms with Crippen LogP contribution in [0.1, 0.15) is 23.9 Å². The van der Waals surface area contributed by atoms with Crippen LogP contribution >= 0.6 is 0 Å². The Labute approximate surface area is 140 Å². The van der Waals surface area contributed by atoms with Crippen molar-refractivity contribution < 1.29 is 0 Å². The van der Waals surface area contributed by atoms with Crippen molar-refractivity contribution in [3.8, 4) is 0 Å². The summed E-state index contributed by atoms with van der Waals surface area (Å²) in [6, 6.07) is 4.52. The zero-order valence-electron chi connectivity index (χ0n) is 14.3. The number of hydrogen-bond acceptors (Lipinski definition) is 6.